The van der Waals surface area contributed by atoms with Gasteiger partial charge in [-0.25, -0.2) is 0 Å². The molecule has 0 aliphatic heterocycles. The zero-order chi connectivity index (χ0) is 6.24. The van der Waals surface area contributed by atoms with E-state index >= 15 is 0 Å². The van der Waals surface area contributed by atoms with Gasteiger partial charge in [0.25, 0.3) is 0 Å². The molecule has 2 N–H and O–H groups in total. The number of likely N-dealkylation sites (N-methyl/N-ethyl adjacent to an activating group) is 1. The summed E-state index contributed by atoms with van der Waals surface area (Å²) in [5.41, 5.74) is 2.29. The Morgan fingerprint density at radius 2 is 2.25 bits per heavy atom. The van der Waals surface area contributed by atoms with E-state index in [0.29, 0.717) is 6.54 Å². The summed E-state index contributed by atoms with van der Waals surface area (Å²) < 4.78 is 0. The first kappa shape index (κ1) is 7.36. The van der Waals surface area contributed by atoms with Crippen molar-refractivity contribution in [2.24, 2.45) is 5.29 Å². The first-order chi connectivity index (χ1) is 3.91. The average molecular weight is 117 g/mol. The number of nitrogens with zero attached hydrogens (tertiary/aromatic N) is 1. The molecule has 0 atom stereocenters. The highest BCUT2D eigenvalue weighted by Crippen LogP contribution is 1.56. The van der Waals surface area contributed by atoms with Crippen LogP contribution in [-0.2, 0) is 0 Å². The molecule has 0 radical (unpaired) electrons. The Morgan fingerprint density at radius 3 is 2.75 bits per heavy atom. The van der Waals surface area contributed by atoms with Crippen LogP contribution in [0.4, 0.5) is 0 Å². The van der Waals surface area contributed by atoms with E-state index in [1.54, 1.807) is 0 Å². The van der Waals surface area contributed by atoms with Gasteiger partial charge in [-0.05, 0) is 6.54 Å². The third-order valence-corrected chi connectivity index (χ3v) is 0.728. The first-order valence-electron chi connectivity index (χ1n) is 2.67. The molecule has 8 heavy (non-hydrogen) atoms. The topological polar surface area (TPSA) is 53.5 Å². The number of hydrogen-bond acceptors (Lipinski definition) is 3. The van der Waals surface area contributed by atoms with E-state index in [-0.39, 0.29) is 0 Å². The zero-order valence-electron chi connectivity index (χ0n) is 4.98. The van der Waals surface area contributed by atoms with Gasteiger partial charge >= 0.3 is 0 Å². The van der Waals surface area contributed by atoms with Crippen LogP contribution in [0.25, 0.3) is 0 Å². The predicted molar refractivity (Wildman–Crippen MR) is 32.3 cm³/mol. The van der Waals surface area contributed by atoms with Crippen LogP contribution in [0.1, 0.15) is 6.92 Å². The fourth-order valence-electron chi connectivity index (χ4n) is 0.367. The third kappa shape index (κ3) is 5.36. The maximum absolute atomic E-state index is 9.38. The highest BCUT2D eigenvalue weighted by Gasteiger charge is 1.79. The van der Waals surface area contributed by atoms with Gasteiger partial charge in [0.2, 0.25) is 0 Å². The van der Waals surface area contributed by atoms with Crippen molar-refractivity contribution < 1.29 is 0 Å². The molecule has 0 aromatic carbocycles. The highest BCUT2D eigenvalue weighted by molar-refractivity contribution is 4.43. The quantitative estimate of drug-likeness (QED) is 0.299. The molecule has 0 fully saturated rings. The first-order valence-corrected chi connectivity index (χ1v) is 2.67. The number of rotatable bonds is 5. The van der Waals surface area contributed by atoms with Gasteiger partial charge in [-0.3, -0.25) is 5.43 Å². The Morgan fingerprint density at radius 1 is 1.50 bits per heavy atom. The van der Waals surface area contributed by atoms with Crippen LogP contribution in [0.5, 0.6) is 0 Å². The normalized spacial score (nSPS) is 8.62. The van der Waals surface area contributed by atoms with Crippen molar-refractivity contribution in [1.29, 1.82) is 0 Å². The molecule has 4 nitrogen and oxygen atoms in total. The second-order valence-corrected chi connectivity index (χ2v) is 1.35. The number of nitroso groups, excluding NO2 is 1. The van der Waals surface area contributed by atoms with Crippen molar-refractivity contribution in [3.05, 3.63) is 4.91 Å². The van der Waals surface area contributed by atoms with Crippen LogP contribution in [0.15, 0.2) is 5.29 Å². The summed E-state index contributed by atoms with van der Waals surface area (Å²) in [5.74, 6) is 0. The third-order valence-electron chi connectivity index (χ3n) is 0.728. The lowest BCUT2D eigenvalue weighted by molar-refractivity contribution is 0.643. The molecule has 0 heterocycles. The molecule has 4 heteroatoms. The largest absolute Gasteiger partial charge is 0.315 e. The van der Waals surface area contributed by atoms with E-state index < -0.39 is 0 Å². The lowest BCUT2D eigenvalue weighted by Gasteiger charge is -1.96. The Bertz CT molecular complexity index is 57.2. The summed E-state index contributed by atoms with van der Waals surface area (Å²) in [4.78, 5) is 9.38. The molecular weight excluding hydrogens is 106 g/mol. The van der Waals surface area contributed by atoms with Crippen LogP contribution in [0.3, 0.4) is 0 Å². The Balaban J connectivity index is 2.62. The number of hydrogen-bond donors (Lipinski definition) is 2. The van der Waals surface area contributed by atoms with Gasteiger partial charge < -0.3 is 5.32 Å². The molecule has 0 aliphatic carbocycles. The van der Waals surface area contributed by atoms with Crippen molar-refractivity contribution in [1.82, 2.24) is 10.7 Å². The molecular formula is C4H11N3O. The smallest absolute Gasteiger partial charge is 0.0496 e. The minimum atomic E-state index is 0.608. The van der Waals surface area contributed by atoms with Gasteiger partial charge in [-0.15, -0.1) is 4.91 Å². The monoisotopic (exact) mass is 117 g/mol. The highest BCUT2D eigenvalue weighted by atomic mass is 16.3. The van der Waals surface area contributed by atoms with E-state index in [1.165, 1.54) is 0 Å². The standard InChI is InChI=1S/C4H11N3O/c1-2-5-3-4-6-7-8/h5H,2-4H2,1H3,(H,6,8). The maximum atomic E-state index is 9.38. The van der Waals surface area contributed by atoms with Crippen LogP contribution >= 0.6 is 0 Å². The van der Waals surface area contributed by atoms with E-state index in [1.807, 2.05) is 6.92 Å². The van der Waals surface area contributed by atoms with Gasteiger partial charge in [0.15, 0.2) is 0 Å². The van der Waals surface area contributed by atoms with E-state index in [9.17, 15) is 4.91 Å². The van der Waals surface area contributed by atoms with Gasteiger partial charge in [0.1, 0.15) is 0 Å². The van der Waals surface area contributed by atoms with Crippen LogP contribution < -0.4 is 10.7 Å². The Labute approximate surface area is 48.6 Å². The van der Waals surface area contributed by atoms with Crippen molar-refractivity contribution in [2.45, 2.75) is 6.92 Å². The van der Waals surface area contributed by atoms with Gasteiger partial charge in [0.05, 0.1) is 0 Å². The molecule has 48 valence electrons. The zero-order valence-corrected chi connectivity index (χ0v) is 4.98. The van der Waals surface area contributed by atoms with E-state index in [4.69, 9.17) is 0 Å². The van der Waals surface area contributed by atoms with Gasteiger partial charge in [0, 0.05) is 18.4 Å². The summed E-state index contributed by atoms with van der Waals surface area (Å²) in [6.45, 7) is 4.34. The van der Waals surface area contributed by atoms with E-state index in [0.717, 1.165) is 13.1 Å². The summed E-state index contributed by atoms with van der Waals surface area (Å²) >= 11 is 0. The number of nitrogens with one attached hydrogen (secondary N) is 2. The van der Waals surface area contributed by atoms with Crippen LogP contribution in [0, 0.1) is 4.91 Å². The van der Waals surface area contributed by atoms with Crippen LogP contribution in [0.2, 0.25) is 0 Å². The predicted octanol–water partition coefficient (Wildman–Crippen LogP) is -0.133. The van der Waals surface area contributed by atoms with Crippen molar-refractivity contribution in [3.8, 4) is 0 Å². The molecule has 0 amide bonds. The van der Waals surface area contributed by atoms with Crippen molar-refractivity contribution in [2.75, 3.05) is 19.6 Å². The van der Waals surface area contributed by atoms with Crippen LogP contribution in [-0.4, -0.2) is 19.6 Å². The molecule has 0 aromatic heterocycles. The SMILES string of the molecule is CCNCCNN=O. The molecule has 0 spiro atoms. The summed E-state index contributed by atoms with van der Waals surface area (Å²) in [6, 6.07) is 0. The van der Waals surface area contributed by atoms with E-state index in [2.05, 4.69) is 16.0 Å². The summed E-state index contributed by atoms with van der Waals surface area (Å²) in [7, 11) is 0. The minimum absolute atomic E-state index is 0.608. The fourth-order valence-corrected chi connectivity index (χ4v) is 0.367. The molecule has 0 saturated carbocycles. The van der Waals surface area contributed by atoms with Crippen molar-refractivity contribution in [3.63, 3.8) is 0 Å². The maximum Gasteiger partial charge on any atom is 0.0496 e. The molecule has 0 unspecified atom stereocenters. The van der Waals surface area contributed by atoms with Gasteiger partial charge in [-0.1, -0.05) is 6.92 Å². The Kier molecular flexibility index (Phi) is 5.85. The van der Waals surface area contributed by atoms with Gasteiger partial charge in [-0.2, -0.15) is 0 Å². The molecule has 0 aromatic rings. The average Bonchev–Trinajstić information content (AvgIpc) is 1.81. The van der Waals surface area contributed by atoms with Crippen molar-refractivity contribution >= 4 is 0 Å². The molecule has 0 saturated heterocycles. The molecule has 0 aliphatic rings. The lowest BCUT2D eigenvalue weighted by Crippen LogP contribution is -2.23. The second kappa shape index (κ2) is 6.36. The molecule has 0 rings (SSSR count). The summed E-state index contributed by atoms with van der Waals surface area (Å²) in [5, 5.41) is 5.49. The fraction of sp³-hybridized carbons (Fsp3) is 1.00. The lowest BCUT2D eigenvalue weighted by atomic mass is 10.6. The second-order valence-electron chi connectivity index (χ2n) is 1.35. The Hall–Kier alpha value is -0.640. The summed E-state index contributed by atoms with van der Waals surface area (Å²) in [6.07, 6.45) is 0. The molecule has 0 bridgehead atoms. The minimum Gasteiger partial charge on any atom is -0.315 e.